The number of tetrazole rings is 1. The Hall–Kier alpha value is -3.52. The number of aromatic amines is 1. The lowest BCUT2D eigenvalue weighted by Gasteiger charge is -2.34. The average molecular weight is 369 g/mol. The Morgan fingerprint density at radius 2 is 2.15 bits per heavy atom. The van der Waals surface area contributed by atoms with Crippen LogP contribution in [0.3, 0.4) is 0 Å². The molecule has 27 heavy (non-hydrogen) atoms. The molecule has 11 nitrogen and oxygen atoms in total. The number of nitriles is 1. The summed E-state index contributed by atoms with van der Waals surface area (Å²) in [5.74, 6) is 0.170. The van der Waals surface area contributed by atoms with E-state index in [1.807, 2.05) is 18.0 Å². The fourth-order valence-electron chi connectivity index (χ4n) is 2.86. The van der Waals surface area contributed by atoms with Gasteiger partial charge in [-0.25, -0.2) is 0 Å². The number of nitro benzene ring substituents is 1. The average Bonchev–Trinajstić information content (AvgIpc) is 3.18. The maximum atomic E-state index is 11.5. The Kier molecular flexibility index (Phi) is 5.28. The van der Waals surface area contributed by atoms with Crippen LogP contribution in [0.1, 0.15) is 11.4 Å². The van der Waals surface area contributed by atoms with Crippen molar-refractivity contribution in [2.24, 2.45) is 0 Å². The monoisotopic (exact) mass is 369 g/mol. The van der Waals surface area contributed by atoms with E-state index in [9.17, 15) is 15.4 Å². The third-order valence-corrected chi connectivity index (χ3v) is 4.44. The topological polar surface area (TPSA) is 140 Å². The molecule has 0 saturated carbocycles. The molecule has 1 aliphatic heterocycles. The van der Waals surface area contributed by atoms with Crippen molar-refractivity contribution in [1.29, 1.82) is 5.26 Å². The number of hydrogen-bond acceptors (Lipinski definition) is 9. The van der Waals surface area contributed by atoms with Crippen molar-refractivity contribution in [1.82, 2.24) is 25.5 Å². The first-order valence-corrected chi connectivity index (χ1v) is 8.32. The van der Waals surface area contributed by atoms with Gasteiger partial charge in [-0.3, -0.25) is 10.1 Å². The summed E-state index contributed by atoms with van der Waals surface area (Å²) in [7, 11) is 2.03. The summed E-state index contributed by atoms with van der Waals surface area (Å²) in [5.41, 5.74) is 2.20. The largest absolute Gasteiger partial charge is 0.363 e. The highest BCUT2D eigenvalue weighted by Crippen LogP contribution is 2.34. The zero-order chi connectivity index (χ0) is 19.4. The first kappa shape index (κ1) is 18.3. The molecule has 0 spiro atoms. The van der Waals surface area contributed by atoms with E-state index in [2.05, 4.69) is 30.8 Å². The van der Waals surface area contributed by atoms with Crippen LogP contribution in [-0.2, 0) is 0 Å². The van der Waals surface area contributed by atoms with Crippen LogP contribution in [-0.4, -0.2) is 63.7 Å². The minimum Gasteiger partial charge on any atom is -0.363 e. The summed E-state index contributed by atoms with van der Waals surface area (Å²) in [6, 6.07) is 5.29. The Balaban J connectivity index is 1.93. The number of H-pyrrole nitrogens is 1. The first-order chi connectivity index (χ1) is 13.0. The van der Waals surface area contributed by atoms with Crippen molar-refractivity contribution in [3.8, 4) is 6.07 Å². The number of aryl methyl sites for hydroxylation is 1. The zero-order valence-corrected chi connectivity index (χ0v) is 15.0. The molecule has 140 valence electrons. The highest BCUT2D eigenvalue weighted by molar-refractivity contribution is 5.77. The molecular formula is C16H19N9O2. The summed E-state index contributed by atoms with van der Waals surface area (Å²) in [6.07, 6.45) is 1.47. The molecule has 0 radical (unpaired) electrons. The van der Waals surface area contributed by atoms with Gasteiger partial charge in [-0.2, -0.15) is 10.5 Å². The number of piperazine rings is 1. The summed E-state index contributed by atoms with van der Waals surface area (Å²) in [5, 5.41) is 37.1. The van der Waals surface area contributed by atoms with E-state index in [-0.39, 0.29) is 22.0 Å². The van der Waals surface area contributed by atoms with E-state index < -0.39 is 0 Å². The van der Waals surface area contributed by atoms with Crippen LogP contribution in [0.4, 0.5) is 17.1 Å². The third-order valence-electron chi connectivity index (χ3n) is 4.44. The van der Waals surface area contributed by atoms with Gasteiger partial charge in [0, 0.05) is 44.1 Å². The molecule has 2 heterocycles. The van der Waals surface area contributed by atoms with Crippen LogP contribution in [0.25, 0.3) is 5.57 Å². The number of rotatable bonds is 5. The summed E-state index contributed by atoms with van der Waals surface area (Å²) < 4.78 is 0. The number of nitro groups is 1. The number of nitrogens with one attached hydrogen (secondary N) is 2. The predicted octanol–water partition coefficient (Wildman–Crippen LogP) is 1.14. The second-order valence-corrected chi connectivity index (χ2v) is 6.25. The second kappa shape index (κ2) is 7.79. The van der Waals surface area contributed by atoms with Crippen molar-refractivity contribution < 1.29 is 4.92 Å². The Labute approximate surface area is 155 Å². The molecule has 0 bridgehead atoms. The number of benzene rings is 1. The molecule has 1 aliphatic rings. The third kappa shape index (κ3) is 4.01. The molecule has 11 heteroatoms. The van der Waals surface area contributed by atoms with Gasteiger partial charge in [0.05, 0.1) is 4.92 Å². The summed E-state index contributed by atoms with van der Waals surface area (Å²) >= 11 is 0. The van der Waals surface area contributed by atoms with Crippen LogP contribution >= 0.6 is 0 Å². The smallest absolute Gasteiger partial charge is 0.292 e. The molecule has 2 N–H and O–H groups in total. The SMILES string of the molecule is Cc1cc([N+](=O)[O-])c(N2CCN(C)CC2)cc1NC=C(C#N)c1nn[nH]n1. The van der Waals surface area contributed by atoms with E-state index >= 15 is 0 Å². The first-order valence-electron chi connectivity index (χ1n) is 8.32. The fourth-order valence-corrected chi connectivity index (χ4v) is 2.86. The van der Waals surface area contributed by atoms with Crippen molar-refractivity contribution >= 4 is 22.6 Å². The molecule has 3 rings (SSSR count). The molecule has 0 atom stereocenters. The van der Waals surface area contributed by atoms with E-state index in [1.165, 1.54) is 6.20 Å². The van der Waals surface area contributed by atoms with E-state index in [1.54, 1.807) is 19.1 Å². The van der Waals surface area contributed by atoms with Crippen LogP contribution < -0.4 is 10.2 Å². The zero-order valence-electron chi connectivity index (χ0n) is 15.0. The normalized spacial score (nSPS) is 15.4. The lowest BCUT2D eigenvalue weighted by molar-refractivity contribution is -0.384. The number of anilines is 2. The van der Waals surface area contributed by atoms with Gasteiger partial charge in [0.1, 0.15) is 17.3 Å². The van der Waals surface area contributed by atoms with Gasteiger partial charge in [-0.05, 0) is 30.8 Å². The Bertz CT molecular complexity index is 893. The Morgan fingerprint density at radius 3 is 2.74 bits per heavy atom. The summed E-state index contributed by atoms with van der Waals surface area (Å²) in [6.45, 7) is 4.87. The molecule has 1 saturated heterocycles. The molecule has 1 aromatic carbocycles. The van der Waals surface area contributed by atoms with Gasteiger partial charge < -0.3 is 15.1 Å². The minimum atomic E-state index is -0.361. The summed E-state index contributed by atoms with van der Waals surface area (Å²) in [4.78, 5) is 15.4. The van der Waals surface area contributed by atoms with Gasteiger partial charge in [-0.1, -0.05) is 0 Å². The van der Waals surface area contributed by atoms with Gasteiger partial charge in [0.2, 0.25) is 5.82 Å². The number of aromatic nitrogens is 4. The molecular weight excluding hydrogens is 350 g/mol. The molecule has 1 aromatic heterocycles. The molecule has 0 amide bonds. The number of nitrogens with zero attached hydrogens (tertiary/aromatic N) is 7. The fraction of sp³-hybridized carbons (Fsp3) is 0.375. The van der Waals surface area contributed by atoms with Gasteiger partial charge in [0.15, 0.2) is 0 Å². The lowest BCUT2D eigenvalue weighted by atomic mass is 10.1. The van der Waals surface area contributed by atoms with Crippen molar-refractivity contribution in [2.75, 3.05) is 43.4 Å². The van der Waals surface area contributed by atoms with Crippen molar-refractivity contribution in [2.45, 2.75) is 6.92 Å². The number of allylic oxidation sites excluding steroid dienone is 1. The Morgan fingerprint density at radius 1 is 1.41 bits per heavy atom. The molecule has 0 aliphatic carbocycles. The highest BCUT2D eigenvalue weighted by atomic mass is 16.6. The molecule has 1 fully saturated rings. The van der Waals surface area contributed by atoms with Crippen LogP contribution in [0.5, 0.6) is 0 Å². The van der Waals surface area contributed by atoms with Gasteiger partial charge in [-0.15, -0.1) is 10.2 Å². The molecule has 0 unspecified atom stereocenters. The number of likely N-dealkylation sites (N-methyl/N-ethyl adjacent to an activating group) is 1. The quantitative estimate of drug-likeness (QED) is 0.451. The number of hydrogen-bond donors (Lipinski definition) is 2. The van der Waals surface area contributed by atoms with E-state index in [0.717, 1.165) is 13.1 Å². The maximum absolute atomic E-state index is 11.5. The van der Waals surface area contributed by atoms with Crippen molar-refractivity contribution in [3.05, 3.63) is 39.8 Å². The van der Waals surface area contributed by atoms with Gasteiger partial charge in [0.25, 0.3) is 5.69 Å². The van der Waals surface area contributed by atoms with E-state index in [0.29, 0.717) is 30.0 Å². The van der Waals surface area contributed by atoms with Crippen molar-refractivity contribution in [3.63, 3.8) is 0 Å². The van der Waals surface area contributed by atoms with Crippen LogP contribution in [0.15, 0.2) is 18.3 Å². The highest BCUT2D eigenvalue weighted by Gasteiger charge is 2.24. The van der Waals surface area contributed by atoms with E-state index in [4.69, 9.17) is 0 Å². The standard InChI is InChI=1S/C16H19N9O2/c1-11-7-15(25(26)27)14(24-5-3-23(2)4-6-24)8-13(11)18-10-12(9-17)16-19-21-22-20-16/h7-8,10,18H,3-6H2,1-2H3,(H,19,20,21,22). The molecule has 2 aromatic rings. The van der Waals surface area contributed by atoms with Gasteiger partial charge >= 0.3 is 0 Å². The lowest BCUT2D eigenvalue weighted by Crippen LogP contribution is -2.44. The predicted molar refractivity (Wildman–Crippen MR) is 98.9 cm³/mol. The van der Waals surface area contributed by atoms with Crippen LogP contribution in [0, 0.1) is 28.4 Å². The second-order valence-electron chi connectivity index (χ2n) is 6.25. The minimum absolute atomic E-state index is 0.0743. The van der Waals surface area contributed by atoms with Crippen LogP contribution in [0.2, 0.25) is 0 Å². The maximum Gasteiger partial charge on any atom is 0.292 e.